The molecule has 1 spiro atoms. The molecule has 2 fully saturated rings. The van der Waals surface area contributed by atoms with Crippen molar-refractivity contribution in [3.05, 3.63) is 42.4 Å². The Morgan fingerprint density at radius 1 is 1.21 bits per heavy atom. The third-order valence-corrected chi connectivity index (χ3v) is 6.40. The van der Waals surface area contributed by atoms with E-state index in [1.807, 2.05) is 23.2 Å². The van der Waals surface area contributed by atoms with Crippen molar-refractivity contribution >= 4 is 22.7 Å². The molecule has 1 aliphatic heterocycles. The number of nitrogens with one attached hydrogen (secondary N) is 2. The van der Waals surface area contributed by atoms with Crippen molar-refractivity contribution in [2.45, 2.75) is 38.6 Å². The minimum atomic E-state index is -0.570. The topological polar surface area (TPSA) is 95.9 Å². The fraction of sp³-hybridized carbons (Fsp3) is 0.429. The molecule has 8 heteroatoms. The molecule has 1 saturated carbocycles. The number of H-pyrrole nitrogens is 1. The SMILES string of the molecule is C[C@H](NC(=O)c1ccc(-n2cccn2)c2cn[nH]c12)C(=O)N1CCC2(CC1)CC2. The van der Waals surface area contributed by atoms with Crippen molar-refractivity contribution in [2.24, 2.45) is 5.41 Å². The highest BCUT2D eigenvalue weighted by molar-refractivity contribution is 6.08. The number of hydrogen-bond acceptors (Lipinski definition) is 4. The lowest BCUT2D eigenvalue weighted by Crippen LogP contribution is -2.49. The zero-order chi connectivity index (χ0) is 20.0. The predicted molar refractivity (Wildman–Crippen MR) is 108 cm³/mol. The quantitative estimate of drug-likeness (QED) is 0.712. The third kappa shape index (κ3) is 3.18. The number of aromatic nitrogens is 4. The molecule has 2 aliphatic rings. The van der Waals surface area contributed by atoms with Gasteiger partial charge in [0.05, 0.1) is 23.0 Å². The predicted octanol–water partition coefficient (Wildman–Crippen LogP) is 2.27. The van der Waals surface area contributed by atoms with Crippen LogP contribution in [0.4, 0.5) is 0 Å². The lowest BCUT2D eigenvalue weighted by atomic mass is 9.93. The van der Waals surface area contributed by atoms with Gasteiger partial charge in [-0.3, -0.25) is 14.7 Å². The molecule has 3 aromatic rings. The number of fused-ring (bicyclic) bond motifs is 1. The summed E-state index contributed by atoms with van der Waals surface area (Å²) < 4.78 is 1.73. The van der Waals surface area contributed by atoms with Crippen molar-refractivity contribution in [3.63, 3.8) is 0 Å². The van der Waals surface area contributed by atoms with Crippen molar-refractivity contribution in [3.8, 4) is 5.69 Å². The van der Waals surface area contributed by atoms with Gasteiger partial charge in [-0.2, -0.15) is 10.2 Å². The molecule has 1 aliphatic carbocycles. The number of nitrogens with zero attached hydrogens (tertiary/aromatic N) is 4. The first-order valence-electron chi connectivity index (χ1n) is 10.1. The Balaban J connectivity index is 1.32. The summed E-state index contributed by atoms with van der Waals surface area (Å²) in [6, 6.07) is 4.85. The summed E-state index contributed by atoms with van der Waals surface area (Å²) in [5, 5.41) is 14.9. The van der Waals surface area contributed by atoms with Crippen molar-refractivity contribution in [1.82, 2.24) is 30.2 Å². The number of rotatable bonds is 4. The smallest absolute Gasteiger partial charge is 0.254 e. The van der Waals surface area contributed by atoms with E-state index in [0.717, 1.165) is 37.0 Å². The Morgan fingerprint density at radius 3 is 2.69 bits per heavy atom. The molecule has 2 N–H and O–H groups in total. The van der Waals surface area contributed by atoms with E-state index < -0.39 is 6.04 Å². The number of piperidine rings is 1. The lowest BCUT2D eigenvalue weighted by Gasteiger charge is -2.33. The van der Waals surface area contributed by atoms with Gasteiger partial charge >= 0.3 is 0 Å². The van der Waals surface area contributed by atoms with E-state index in [0.29, 0.717) is 16.5 Å². The van der Waals surface area contributed by atoms with Gasteiger partial charge in [0, 0.05) is 30.9 Å². The maximum atomic E-state index is 12.9. The van der Waals surface area contributed by atoms with Gasteiger partial charge in [-0.05, 0) is 56.2 Å². The average molecular weight is 392 g/mol. The highest BCUT2D eigenvalue weighted by Gasteiger charge is 2.45. The fourth-order valence-electron chi connectivity index (χ4n) is 4.31. The molecule has 1 atom stereocenters. The fourth-order valence-corrected chi connectivity index (χ4v) is 4.31. The van der Waals surface area contributed by atoms with Gasteiger partial charge in [0.15, 0.2) is 0 Å². The largest absolute Gasteiger partial charge is 0.341 e. The van der Waals surface area contributed by atoms with Gasteiger partial charge in [-0.1, -0.05) is 0 Å². The molecule has 0 unspecified atom stereocenters. The molecule has 3 heterocycles. The first kappa shape index (κ1) is 17.9. The van der Waals surface area contributed by atoms with E-state index in [-0.39, 0.29) is 11.8 Å². The Bertz CT molecular complexity index is 1060. The van der Waals surface area contributed by atoms with Crippen LogP contribution in [0, 0.1) is 5.41 Å². The second kappa shape index (κ2) is 6.72. The van der Waals surface area contributed by atoms with Crippen molar-refractivity contribution in [2.75, 3.05) is 13.1 Å². The first-order chi connectivity index (χ1) is 14.1. The van der Waals surface area contributed by atoms with E-state index in [9.17, 15) is 9.59 Å². The number of amides is 2. The molecule has 5 rings (SSSR count). The standard InChI is InChI=1S/C21H24N6O2/c1-14(20(29)26-11-7-21(5-6-21)8-12-26)24-19(28)15-3-4-17(27-10-2-9-23-27)16-13-22-25-18(15)16/h2-4,9-10,13-14H,5-8,11-12H2,1H3,(H,22,25)(H,24,28)/t14-/m0/s1. The molecule has 2 aromatic heterocycles. The van der Waals surface area contributed by atoms with E-state index >= 15 is 0 Å². The minimum absolute atomic E-state index is 0.0112. The van der Waals surface area contributed by atoms with E-state index in [2.05, 4.69) is 20.6 Å². The molecule has 0 radical (unpaired) electrons. The third-order valence-electron chi connectivity index (χ3n) is 6.40. The summed E-state index contributed by atoms with van der Waals surface area (Å²) in [5.74, 6) is -0.300. The molecule has 2 amide bonds. The zero-order valence-electron chi connectivity index (χ0n) is 16.4. The van der Waals surface area contributed by atoms with Crippen LogP contribution >= 0.6 is 0 Å². The molecule has 150 valence electrons. The maximum absolute atomic E-state index is 12.9. The van der Waals surface area contributed by atoms with Crippen molar-refractivity contribution < 1.29 is 9.59 Å². The Morgan fingerprint density at radius 2 is 2.00 bits per heavy atom. The summed E-state index contributed by atoms with van der Waals surface area (Å²) in [6.45, 7) is 3.34. The van der Waals surface area contributed by atoms with Gasteiger partial charge in [0.2, 0.25) is 5.91 Å². The van der Waals surface area contributed by atoms with Gasteiger partial charge in [-0.25, -0.2) is 4.68 Å². The summed E-state index contributed by atoms with van der Waals surface area (Å²) in [7, 11) is 0. The Kier molecular flexibility index (Phi) is 4.15. The molecule has 0 bridgehead atoms. The minimum Gasteiger partial charge on any atom is -0.341 e. The normalized spacial score (nSPS) is 18.7. The van der Waals surface area contributed by atoms with Crippen LogP contribution in [0.15, 0.2) is 36.8 Å². The number of benzene rings is 1. The van der Waals surface area contributed by atoms with Crippen LogP contribution in [-0.2, 0) is 4.79 Å². The molecule has 29 heavy (non-hydrogen) atoms. The highest BCUT2D eigenvalue weighted by atomic mass is 16.2. The summed E-state index contributed by atoms with van der Waals surface area (Å²) in [6.07, 6.45) is 10.00. The lowest BCUT2D eigenvalue weighted by molar-refractivity contribution is -0.134. The van der Waals surface area contributed by atoms with Crippen LogP contribution in [0.2, 0.25) is 0 Å². The Hall–Kier alpha value is -3.16. The van der Waals surface area contributed by atoms with Crippen LogP contribution in [-0.4, -0.2) is 55.8 Å². The number of likely N-dealkylation sites (tertiary alicyclic amines) is 1. The van der Waals surface area contributed by atoms with Crippen molar-refractivity contribution in [1.29, 1.82) is 0 Å². The molecular weight excluding hydrogens is 368 g/mol. The average Bonchev–Trinajstić information content (AvgIpc) is 3.16. The maximum Gasteiger partial charge on any atom is 0.254 e. The zero-order valence-corrected chi connectivity index (χ0v) is 16.4. The van der Waals surface area contributed by atoms with Crippen LogP contribution in [0.3, 0.4) is 0 Å². The highest BCUT2D eigenvalue weighted by Crippen LogP contribution is 2.53. The monoisotopic (exact) mass is 392 g/mol. The van der Waals surface area contributed by atoms with Gasteiger partial charge in [-0.15, -0.1) is 0 Å². The number of carbonyl (C=O) groups excluding carboxylic acids is 2. The molecular formula is C21H24N6O2. The molecule has 8 nitrogen and oxygen atoms in total. The number of hydrogen-bond donors (Lipinski definition) is 2. The first-order valence-corrected chi connectivity index (χ1v) is 10.1. The summed E-state index contributed by atoms with van der Waals surface area (Å²) in [4.78, 5) is 27.6. The van der Waals surface area contributed by atoms with E-state index in [4.69, 9.17) is 0 Å². The van der Waals surface area contributed by atoms with E-state index in [1.54, 1.807) is 30.1 Å². The van der Waals surface area contributed by atoms with Crippen LogP contribution in [0.1, 0.15) is 43.0 Å². The second-order valence-corrected chi connectivity index (χ2v) is 8.26. The summed E-state index contributed by atoms with van der Waals surface area (Å²) >= 11 is 0. The number of carbonyl (C=O) groups is 2. The molecule has 1 aromatic carbocycles. The van der Waals surface area contributed by atoms with Gasteiger partial charge in [0.25, 0.3) is 5.91 Å². The van der Waals surface area contributed by atoms with Crippen LogP contribution in [0.5, 0.6) is 0 Å². The van der Waals surface area contributed by atoms with E-state index in [1.165, 1.54) is 12.8 Å². The van der Waals surface area contributed by atoms with Crippen LogP contribution < -0.4 is 5.32 Å². The Labute approximate surface area is 168 Å². The summed E-state index contributed by atoms with van der Waals surface area (Å²) in [5.41, 5.74) is 2.44. The van der Waals surface area contributed by atoms with Gasteiger partial charge < -0.3 is 10.2 Å². The molecule has 1 saturated heterocycles. The van der Waals surface area contributed by atoms with Crippen LogP contribution in [0.25, 0.3) is 16.6 Å². The second-order valence-electron chi connectivity index (χ2n) is 8.26. The van der Waals surface area contributed by atoms with Gasteiger partial charge in [0.1, 0.15) is 6.04 Å². The number of aromatic amines is 1.